The van der Waals surface area contributed by atoms with E-state index in [2.05, 4.69) is 6.92 Å². The van der Waals surface area contributed by atoms with Gasteiger partial charge in [0.25, 0.3) is 0 Å². The third-order valence-electron chi connectivity index (χ3n) is 3.20. The average molecular weight is 320 g/mol. The van der Waals surface area contributed by atoms with Gasteiger partial charge in [0.05, 0.1) is 17.7 Å². The maximum Gasteiger partial charge on any atom is 0.141 e. The van der Waals surface area contributed by atoms with Crippen LogP contribution in [0.25, 0.3) is 0 Å². The third-order valence-corrected chi connectivity index (χ3v) is 3.70. The molecule has 0 heterocycles. The molecule has 5 heteroatoms. The summed E-state index contributed by atoms with van der Waals surface area (Å²) in [6.45, 7) is 4.49. The van der Waals surface area contributed by atoms with E-state index in [9.17, 15) is 5.11 Å². The van der Waals surface area contributed by atoms with Gasteiger partial charge in [0.2, 0.25) is 0 Å². The van der Waals surface area contributed by atoms with Crippen molar-refractivity contribution in [2.24, 2.45) is 5.73 Å². The van der Waals surface area contributed by atoms with E-state index in [4.69, 9.17) is 33.7 Å². The highest BCUT2D eigenvalue weighted by Crippen LogP contribution is 2.33. The van der Waals surface area contributed by atoms with Crippen LogP contribution in [0.1, 0.15) is 38.7 Å². The largest absolute Gasteiger partial charge is 0.492 e. The van der Waals surface area contributed by atoms with E-state index < -0.39 is 6.10 Å². The number of ether oxygens (including phenoxy) is 1. The van der Waals surface area contributed by atoms with E-state index in [0.717, 1.165) is 18.4 Å². The molecular formula is C15H23Cl2NO2. The lowest BCUT2D eigenvalue weighted by molar-refractivity contribution is 0.130. The Balaban J connectivity index is 2.76. The Morgan fingerprint density at radius 2 is 1.95 bits per heavy atom. The van der Waals surface area contributed by atoms with Gasteiger partial charge in [0.15, 0.2) is 0 Å². The number of hydrogen-bond acceptors (Lipinski definition) is 3. The Labute approximate surface area is 131 Å². The van der Waals surface area contributed by atoms with Crippen LogP contribution in [-0.2, 0) is 6.42 Å². The number of benzene rings is 1. The number of halogens is 2. The van der Waals surface area contributed by atoms with Crippen LogP contribution in [0.2, 0.25) is 10.0 Å². The second-order valence-corrected chi connectivity index (χ2v) is 5.71. The van der Waals surface area contributed by atoms with Crippen molar-refractivity contribution in [3.8, 4) is 5.75 Å². The van der Waals surface area contributed by atoms with E-state index >= 15 is 0 Å². The molecule has 1 aromatic carbocycles. The monoisotopic (exact) mass is 319 g/mol. The minimum atomic E-state index is -0.526. The van der Waals surface area contributed by atoms with Crippen LogP contribution in [0.4, 0.5) is 0 Å². The normalized spacial score (nSPS) is 14.1. The molecule has 0 aromatic heterocycles. The zero-order valence-electron chi connectivity index (χ0n) is 12.0. The molecule has 0 saturated carbocycles. The number of hydrogen-bond donors (Lipinski definition) is 2. The predicted molar refractivity (Wildman–Crippen MR) is 84.8 cm³/mol. The quantitative estimate of drug-likeness (QED) is 0.766. The van der Waals surface area contributed by atoms with E-state index in [1.807, 2.05) is 13.0 Å². The molecule has 20 heavy (non-hydrogen) atoms. The van der Waals surface area contributed by atoms with Crippen LogP contribution in [-0.4, -0.2) is 23.9 Å². The van der Waals surface area contributed by atoms with Crippen molar-refractivity contribution < 1.29 is 9.84 Å². The zero-order chi connectivity index (χ0) is 15.1. The van der Waals surface area contributed by atoms with Gasteiger partial charge in [0.1, 0.15) is 5.75 Å². The molecule has 1 aromatic rings. The SMILES string of the molecule is CCCC(N)C(O)CCc1cc(Cl)cc(Cl)c1OCC. The molecule has 3 nitrogen and oxygen atoms in total. The van der Waals surface area contributed by atoms with E-state index in [0.29, 0.717) is 35.2 Å². The van der Waals surface area contributed by atoms with Gasteiger partial charge < -0.3 is 15.6 Å². The van der Waals surface area contributed by atoms with E-state index in [1.165, 1.54) is 0 Å². The Bertz CT molecular complexity index is 427. The summed E-state index contributed by atoms with van der Waals surface area (Å²) in [6, 6.07) is 3.30. The van der Waals surface area contributed by atoms with Crippen LogP contribution in [0, 0.1) is 0 Å². The van der Waals surface area contributed by atoms with E-state index in [1.54, 1.807) is 6.07 Å². The van der Waals surface area contributed by atoms with Crippen molar-refractivity contribution >= 4 is 23.2 Å². The molecule has 114 valence electrons. The Morgan fingerprint density at radius 1 is 1.25 bits per heavy atom. The van der Waals surface area contributed by atoms with Crippen molar-refractivity contribution in [1.82, 2.24) is 0 Å². The topological polar surface area (TPSA) is 55.5 Å². The van der Waals surface area contributed by atoms with Crippen molar-refractivity contribution in [2.45, 2.75) is 51.7 Å². The summed E-state index contributed by atoms with van der Waals surface area (Å²) in [5.74, 6) is 0.648. The molecule has 2 atom stereocenters. The van der Waals surface area contributed by atoms with Gasteiger partial charge in [-0.1, -0.05) is 36.5 Å². The first-order valence-corrected chi connectivity index (χ1v) is 7.79. The van der Waals surface area contributed by atoms with Crippen molar-refractivity contribution in [3.63, 3.8) is 0 Å². The Kier molecular flexibility index (Phi) is 7.67. The Morgan fingerprint density at radius 3 is 2.55 bits per heavy atom. The summed E-state index contributed by atoms with van der Waals surface area (Å²) in [5, 5.41) is 11.1. The standard InChI is InChI=1S/C15H23Cl2NO2/c1-3-5-13(18)14(19)7-6-10-8-11(16)9-12(17)15(10)20-4-2/h8-9,13-14,19H,3-7,18H2,1-2H3. The van der Waals surface area contributed by atoms with Crippen molar-refractivity contribution in [2.75, 3.05) is 6.61 Å². The first-order chi connectivity index (χ1) is 9.49. The van der Waals surface area contributed by atoms with Gasteiger partial charge in [-0.15, -0.1) is 0 Å². The molecule has 2 unspecified atom stereocenters. The summed E-state index contributed by atoms with van der Waals surface area (Å²) in [5.41, 5.74) is 6.82. The van der Waals surface area contributed by atoms with Gasteiger partial charge in [-0.05, 0) is 43.9 Å². The van der Waals surface area contributed by atoms with Crippen LogP contribution in [0.5, 0.6) is 5.75 Å². The number of rotatable bonds is 8. The lowest BCUT2D eigenvalue weighted by Gasteiger charge is -2.19. The third kappa shape index (κ3) is 5.13. The maximum atomic E-state index is 10.0. The number of aliphatic hydroxyl groups is 1. The molecule has 0 bridgehead atoms. The first-order valence-electron chi connectivity index (χ1n) is 7.03. The van der Waals surface area contributed by atoms with Crippen LogP contribution in [0.3, 0.4) is 0 Å². The number of aliphatic hydroxyl groups excluding tert-OH is 1. The van der Waals surface area contributed by atoms with E-state index in [-0.39, 0.29) is 6.04 Å². The highest BCUT2D eigenvalue weighted by atomic mass is 35.5. The molecule has 0 aliphatic rings. The Hall–Kier alpha value is -0.480. The second-order valence-electron chi connectivity index (χ2n) is 4.87. The van der Waals surface area contributed by atoms with Crippen LogP contribution >= 0.6 is 23.2 Å². The lowest BCUT2D eigenvalue weighted by atomic mass is 9.99. The summed E-state index contributed by atoms with van der Waals surface area (Å²) in [7, 11) is 0. The summed E-state index contributed by atoms with van der Waals surface area (Å²) in [4.78, 5) is 0. The first kappa shape index (κ1) is 17.6. The van der Waals surface area contributed by atoms with Gasteiger partial charge in [-0.3, -0.25) is 0 Å². The van der Waals surface area contributed by atoms with Gasteiger partial charge in [0, 0.05) is 11.1 Å². The second kappa shape index (κ2) is 8.73. The molecule has 0 aliphatic heterocycles. The number of aryl methyl sites for hydroxylation is 1. The van der Waals surface area contributed by atoms with Crippen LogP contribution in [0.15, 0.2) is 12.1 Å². The van der Waals surface area contributed by atoms with Crippen molar-refractivity contribution in [3.05, 3.63) is 27.7 Å². The fourth-order valence-corrected chi connectivity index (χ4v) is 2.74. The molecule has 0 fully saturated rings. The fraction of sp³-hybridized carbons (Fsp3) is 0.600. The molecule has 0 radical (unpaired) electrons. The molecular weight excluding hydrogens is 297 g/mol. The van der Waals surface area contributed by atoms with Gasteiger partial charge in [-0.2, -0.15) is 0 Å². The summed E-state index contributed by atoms with van der Waals surface area (Å²) >= 11 is 12.2. The minimum absolute atomic E-state index is 0.190. The highest BCUT2D eigenvalue weighted by Gasteiger charge is 2.16. The maximum absolute atomic E-state index is 10.0. The average Bonchev–Trinajstić information content (AvgIpc) is 2.39. The lowest BCUT2D eigenvalue weighted by Crippen LogP contribution is -2.34. The van der Waals surface area contributed by atoms with Gasteiger partial charge >= 0.3 is 0 Å². The smallest absolute Gasteiger partial charge is 0.141 e. The molecule has 1 rings (SSSR count). The molecule has 0 spiro atoms. The zero-order valence-corrected chi connectivity index (χ0v) is 13.5. The van der Waals surface area contributed by atoms with Crippen LogP contribution < -0.4 is 10.5 Å². The van der Waals surface area contributed by atoms with Gasteiger partial charge in [-0.25, -0.2) is 0 Å². The predicted octanol–water partition coefficient (Wildman–Crippen LogP) is 3.81. The summed E-state index contributed by atoms with van der Waals surface area (Å²) < 4.78 is 5.56. The van der Waals surface area contributed by atoms with Crippen molar-refractivity contribution in [1.29, 1.82) is 0 Å². The summed E-state index contributed by atoms with van der Waals surface area (Å²) in [6.07, 6.45) is 2.45. The molecule has 0 amide bonds. The minimum Gasteiger partial charge on any atom is -0.492 e. The molecule has 0 saturated heterocycles. The molecule has 0 aliphatic carbocycles. The number of nitrogens with two attached hydrogens (primary N) is 1. The highest BCUT2D eigenvalue weighted by molar-refractivity contribution is 6.35. The molecule has 3 N–H and O–H groups in total. The fourth-order valence-electron chi connectivity index (χ4n) is 2.15.